The van der Waals surface area contributed by atoms with Gasteiger partial charge in [0.2, 0.25) is 0 Å². The van der Waals surface area contributed by atoms with Crippen molar-refractivity contribution < 1.29 is 9.57 Å². The zero-order valence-electron chi connectivity index (χ0n) is 4.59. The molecule has 0 aromatic heterocycles. The van der Waals surface area contributed by atoms with E-state index in [0.717, 1.165) is 19.6 Å². The lowest BCUT2D eigenvalue weighted by molar-refractivity contribution is 0.0282. The van der Waals surface area contributed by atoms with Crippen molar-refractivity contribution in [2.45, 2.75) is 18.6 Å². The van der Waals surface area contributed by atoms with Gasteiger partial charge in [0.25, 0.3) is 0 Å². The van der Waals surface area contributed by atoms with Crippen molar-refractivity contribution >= 4 is 0 Å². The Hall–Kier alpha value is -0.120. The second-order valence-electron chi connectivity index (χ2n) is 2.20. The van der Waals surface area contributed by atoms with E-state index in [9.17, 15) is 0 Å². The zero-order chi connectivity index (χ0) is 5.40. The van der Waals surface area contributed by atoms with Crippen molar-refractivity contribution in [3.05, 3.63) is 0 Å². The van der Waals surface area contributed by atoms with Crippen LogP contribution in [0.1, 0.15) is 6.42 Å². The van der Waals surface area contributed by atoms with Crippen molar-refractivity contribution in [2.24, 2.45) is 0 Å². The van der Waals surface area contributed by atoms with Gasteiger partial charge in [-0.05, 0) is 0 Å². The Morgan fingerprint density at radius 2 is 2.38 bits per heavy atom. The summed E-state index contributed by atoms with van der Waals surface area (Å²) in [5, 5.41) is 0. The molecule has 3 nitrogen and oxygen atoms in total. The summed E-state index contributed by atoms with van der Waals surface area (Å²) in [6.45, 7) is 1.74. The molecule has 1 N–H and O–H groups in total. The standard InChI is InChI=1S/C5H9NO2/c1-2-7-5-3-6-8-4(1)5/h4-6H,1-3H2. The van der Waals surface area contributed by atoms with Crippen LogP contribution in [0.25, 0.3) is 0 Å². The maximum absolute atomic E-state index is 5.29. The van der Waals surface area contributed by atoms with E-state index in [-0.39, 0.29) is 0 Å². The van der Waals surface area contributed by atoms with Gasteiger partial charge >= 0.3 is 0 Å². The topological polar surface area (TPSA) is 30.5 Å². The first-order chi connectivity index (χ1) is 3.97. The highest BCUT2D eigenvalue weighted by Crippen LogP contribution is 2.19. The highest BCUT2D eigenvalue weighted by atomic mass is 16.7. The minimum atomic E-state index is 0.343. The third-order valence-corrected chi connectivity index (χ3v) is 1.67. The van der Waals surface area contributed by atoms with E-state index >= 15 is 0 Å². The van der Waals surface area contributed by atoms with Gasteiger partial charge in [0.05, 0.1) is 0 Å². The van der Waals surface area contributed by atoms with Gasteiger partial charge in [0, 0.05) is 19.6 Å². The van der Waals surface area contributed by atoms with Gasteiger partial charge in [0.15, 0.2) is 0 Å². The fourth-order valence-corrected chi connectivity index (χ4v) is 1.19. The molecule has 2 heterocycles. The minimum Gasteiger partial charge on any atom is -0.374 e. The smallest absolute Gasteiger partial charge is 0.109 e. The lowest BCUT2D eigenvalue weighted by Gasteiger charge is -2.00. The van der Waals surface area contributed by atoms with Crippen LogP contribution in [0, 0.1) is 0 Å². The van der Waals surface area contributed by atoms with Gasteiger partial charge in [-0.3, -0.25) is 4.84 Å². The predicted molar refractivity (Wildman–Crippen MR) is 27.2 cm³/mol. The highest BCUT2D eigenvalue weighted by Gasteiger charge is 2.33. The molecule has 0 saturated carbocycles. The van der Waals surface area contributed by atoms with Crippen molar-refractivity contribution in [1.82, 2.24) is 5.48 Å². The molecule has 46 valence electrons. The molecule has 2 unspecified atom stereocenters. The second kappa shape index (κ2) is 1.69. The second-order valence-corrected chi connectivity index (χ2v) is 2.20. The number of rotatable bonds is 0. The summed E-state index contributed by atoms with van der Waals surface area (Å²) in [7, 11) is 0. The lowest BCUT2D eigenvalue weighted by Crippen LogP contribution is -2.17. The number of hydrogen-bond donors (Lipinski definition) is 1. The Morgan fingerprint density at radius 3 is 3.25 bits per heavy atom. The van der Waals surface area contributed by atoms with Crippen LogP contribution in [0.15, 0.2) is 0 Å². The number of nitrogens with one attached hydrogen (secondary N) is 1. The van der Waals surface area contributed by atoms with Gasteiger partial charge in [-0.1, -0.05) is 0 Å². The largest absolute Gasteiger partial charge is 0.374 e. The molecule has 0 aromatic carbocycles. The summed E-state index contributed by atoms with van der Waals surface area (Å²) in [5.74, 6) is 0. The van der Waals surface area contributed by atoms with Crippen LogP contribution in [0.3, 0.4) is 0 Å². The Balaban J connectivity index is 2.04. The van der Waals surface area contributed by atoms with E-state index in [0.29, 0.717) is 12.2 Å². The van der Waals surface area contributed by atoms with Gasteiger partial charge in [0.1, 0.15) is 12.2 Å². The third-order valence-electron chi connectivity index (χ3n) is 1.67. The first kappa shape index (κ1) is 4.73. The summed E-state index contributed by atoms with van der Waals surface area (Å²) in [4.78, 5) is 5.10. The molecule has 0 bridgehead atoms. The fraction of sp³-hybridized carbons (Fsp3) is 1.00. The Bertz CT molecular complexity index is 76.4. The lowest BCUT2D eigenvalue weighted by atomic mass is 10.2. The van der Waals surface area contributed by atoms with Crippen LogP contribution < -0.4 is 5.48 Å². The van der Waals surface area contributed by atoms with E-state index < -0.39 is 0 Å². The Kier molecular flexibility index (Phi) is 0.997. The van der Waals surface area contributed by atoms with Crippen LogP contribution in [0.2, 0.25) is 0 Å². The summed E-state index contributed by atoms with van der Waals surface area (Å²) < 4.78 is 5.29. The molecule has 2 fully saturated rings. The maximum Gasteiger partial charge on any atom is 0.109 e. The molecule has 3 heteroatoms. The molecule has 2 saturated heterocycles. The monoisotopic (exact) mass is 115 g/mol. The van der Waals surface area contributed by atoms with Crippen LogP contribution in [0.5, 0.6) is 0 Å². The Morgan fingerprint density at radius 1 is 1.38 bits per heavy atom. The van der Waals surface area contributed by atoms with Crippen LogP contribution in [-0.4, -0.2) is 25.4 Å². The average Bonchev–Trinajstić information content (AvgIpc) is 2.15. The summed E-state index contributed by atoms with van der Waals surface area (Å²) in [5.41, 5.74) is 2.80. The molecule has 2 aliphatic rings. The van der Waals surface area contributed by atoms with Gasteiger partial charge in [-0.2, -0.15) is 5.48 Å². The molecular weight excluding hydrogens is 106 g/mol. The van der Waals surface area contributed by atoms with Crippen LogP contribution in [0.4, 0.5) is 0 Å². The zero-order valence-corrected chi connectivity index (χ0v) is 4.59. The molecule has 0 spiro atoms. The molecule has 2 aliphatic heterocycles. The normalized spacial score (nSPS) is 45.0. The maximum atomic E-state index is 5.29. The fourth-order valence-electron chi connectivity index (χ4n) is 1.19. The number of fused-ring (bicyclic) bond motifs is 1. The molecule has 0 aromatic rings. The van der Waals surface area contributed by atoms with Crippen molar-refractivity contribution in [3.8, 4) is 0 Å². The molecular formula is C5H9NO2. The number of hydroxylamine groups is 1. The molecule has 0 amide bonds. The molecule has 2 rings (SSSR count). The first-order valence-corrected chi connectivity index (χ1v) is 2.97. The summed E-state index contributed by atoms with van der Waals surface area (Å²) in [6.07, 6.45) is 1.74. The van der Waals surface area contributed by atoms with Gasteiger partial charge in [-0.25, -0.2) is 0 Å². The van der Waals surface area contributed by atoms with E-state index in [1.807, 2.05) is 0 Å². The van der Waals surface area contributed by atoms with Gasteiger partial charge < -0.3 is 4.74 Å². The van der Waals surface area contributed by atoms with E-state index in [2.05, 4.69) is 5.48 Å². The highest BCUT2D eigenvalue weighted by molar-refractivity contribution is 4.80. The number of hydrogen-bond acceptors (Lipinski definition) is 3. The molecule has 0 radical (unpaired) electrons. The third kappa shape index (κ3) is 0.555. The van der Waals surface area contributed by atoms with Crippen LogP contribution in [-0.2, 0) is 9.57 Å². The average molecular weight is 115 g/mol. The number of ether oxygens (including phenoxy) is 1. The van der Waals surface area contributed by atoms with E-state index in [1.165, 1.54) is 0 Å². The van der Waals surface area contributed by atoms with Crippen molar-refractivity contribution in [3.63, 3.8) is 0 Å². The summed E-state index contributed by atoms with van der Waals surface area (Å²) in [6, 6.07) is 0. The summed E-state index contributed by atoms with van der Waals surface area (Å²) >= 11 is 0. The van der Waals surface area contributed by atoms with Crippen molar-refractivity contribution in [2.75, 3.05) is 13.2 Å². The minimum absolute atomic E-state index is 0.343. The molecule has 0 aliphatic carbocycles. The van der Waals surface area contributed by atoms with Crippen molar-refractivity contribution in [1.29, 1.82) is 0 Å². The molecule has 2 atom stereocenters. The van der Waals surface area contributed by atoms with E-state index in [1.54, 1.807) is 0 Å². The predicted octanol–water partition coefficient (Wildman–Crippen LogP) is -0.321. The van der Waals surface area contributed by atoms with E-state index in [4.69, 9.17) is 9.57 Å². The SMILES string of the molecule is C1CC2ONCC2O1. The first-order valence-electron chi connectivity index (χ1n) is 2.97. The Labute approximate surface area is 47.9 Å². The quantitative estimate of drug-likeness (QED) is 0.469. The van der Waals surface area contributed by atoms with Gasteiger partial charge in [-0.15, -0.1) is 0 Å². The van der Waals surface area contributed by atoms with Crippen LogP contribution >= 0.6 is 0 Å². The molecule has 8 heavy (non-hydrogen) atoms.